The van der Waals surface area contributed by atoms with E-state index in [4.69, 9.17) is 4.52 Å². The Morgan fingerprint density at radius 1 is 1.50 bits per heavy atom. The number of anilines is 1. The van der Waals surface area contributed by atoms with Gasteiger partial charge in [-0.15, -0.1) is 0 Å². The van der Waals surface area contributed by atoms with Crippen LogP contribution in [0.2, 0.25) is 0 Å². The third kappa shape index (κ3) is 2.32. The first-order valence-electron chi connectivity index (χ1n) is 5.54. The van der Waals surface area contributed by atoms with Gasteiger partial charge in [-0.3, -0.25) is 0 Å². The topological polar surface area (TPSA) is 54.2 Å². The standard InChI is InChI=1S/C10H18N4OS/c1-4-11-8-6-16-5-7(8)9-12-10(13-15-9)14(2)3/h7-8,11H,4-6H2,1-3H3. The van der Waals surface area contributed by atoms with E-state index in [9.17, 15) is 0 Å². The van der Waals surface area contributed by atoms with Gasteiger partial charge in [-0.2, -0.15) is 16.7 Å². The third-order valence-corrected chi connectivity index (χ3v) is 3.88. The summed E-state index contributed by atoms with van der Waals surface area (Å²) in [5.41, 5.74) is 0. The number of nitrogens with one attached hydrogen (secondary N) is 1. The zero-order valence-corrected chi connectivity index (χ0v) is 10.8. The molecule has 0 saturated carbocycles. The van der Waals surface area contributed by atoms with E-state index in [0.29, 0.717) is 17.9 Å². The molecule has 5 nitrogen and oxygen atoms in total. The zero-order chi connectivity index (χ0) is 11.5. The average molecular weight is 242 g/mol. The Bertz CT molecular complexity index is 341. The number of nitrogens with zero attached hydrogens (tertiary/aromatic N) is 3. The van der Waals surface area contributed by atoms with E-state index in [1.54, 1.807) is 0 Å². The molecule has 0 aliphatic carbocycles. The Kier molecular flexibility index (Phi) is 3.70. The van der Waals surface area contributed by atoms with Gasteiger partial charge in [0.05, 0.1) is 5.92 Å². The summed E-state index contributed by atoms with van der Waals surface area (Å²) in [5, 5.41) is 7.43. The second kappa shape index (κ2) is 5.05. The van der Waals surface area contributed by atoms with Gasteiger partial charge in [-0.1, -0.05) is 6.92 Å². The summed E-state index contributed by atoms with van der Waals surface area (Å²) in [5.74, 6) is 3.96. The Morgan fingerprint density at radius 3 is 2.94 bits per heavy atom. The summed E-state index contributed by atoms with van der Waals surface area (Å²) in [4.78, 5) is 6.28. The van der Waals surface area contributed by atoms with Gasteiger partial charge in [-0.05, 0) is 11.7 Å². The lowest BCUT2D eigenvalue weighted by molar-refractivity contribution is 0.340. The minimum absolute atomic E-state index is 0.353. The quantitative estimate of drug-likeness (QED) is 0.848. The lowest BCUT2D eigenvalue weighted by Crippen LogP contribution is -2.34. The maximum absolute atomic E-state index is 5.33. The summed E-state index contributed by atoms with van der Waals surface area (Å²) in [6.07, 6.45) is 0. The number of aromatic nitrogens is 2. The van der Waals surface area contributed by atoms with E-state index in [1.807, 2.05) is 30.8 Å². The largest absolute Gasteiger partial charge is 0.344 e. The molecular weight excluding hydrogens is 224 g/mol. The van der Waals surface area contributed by atoms with E-state index >= 15 is 0 Å². The molecule has 2 heterocycles. The molecule has 0 amide bonds. The summed E-state index contributed by atoms with van der Waals surface area (Å²) < 4.78 is 5.33. The smallest absolute Gasteiger partial charge is 0.265 e. The summed E-state index contributed by atoms with van der Waals surface area (Å²) >= 11 is 1.94. The van der Waals surface area contributed by atoms with Crippen molar-refractivity contribution in [1.82, 2.24) is 15.5 Å². The summed E-state index contributed by atoms with van der Waals surface area (Å²) in [7, 11) is 3.83. The first kappa shape index (κ1) is 11.7. The van der Waals surface area contributed by atoms with Crippen molar-refractivity contribution in [3.63, 3.8) is 0 Å². The van der Waals surface area contributed by atoms with Crippen LogP contribution in [0, 0.1) is 0 Å². The molecule has 0 radical (unpaired) electrons. The van der Waals surface area contributed by atoms with Crippen molar-refractivity contribution in [2.24, 2.45) is 0 Å². The van der Waals surface area contributed by atoms with Crippen LogP contribution in [0.1, 0.15) is 18.7 Å². The van der Waals surface area contributed by atoms with Crippen molar-refractivity contribution in [3.05, 3.63) is 5.89 Å². The molecule has 2 rings (SSSR count). The summed E-state index contributed by atoms with van der Waals surface area (Å²) in [6.45, 7) is 3.11. The fourth-order valence-electron chi connectivity index (χ4n) is 1.82. The van der Waals surface area contributed by atoms with Crippen molar-refractivity contribution in [1.29, 1.82) is 0 Å². The van der Waals surface area contributed by atoms with Crippen LogP contribution in [0.3, 0.4) is 0 Å². The molecular formula is C10H18N4OS. The molecule has 1 aliphatic heterocycles. The lowest BCUT2D eigenvalue weighted by Gasteiger charge is -2.15. The van der Waals surface area contributed by atoms with Crippen LogP contribution in [-0.4, -0.2) is 48.3 Å². The molecule has 1 saturated heterocycles. The molecule has 90 valence electrons. The molecule has 2 unspecified atom stereocenters. The summed E-state index contributed by atoms with van der Waals surface area (Å²) in [6, 6.07) is 0.463. The Hall–Kier alpha value is -0.750. The maximum atomic E-state index is 5.33. The van der Waals surface area contributed by atoms with Crippen molar-refractivity contribution in [2.75, 3.05) is 37.0 Å². The first-order chi connectivity index (χ1) is 7.72. The van der Waals surface area contributed by atoms with Gasteiger partial charge in [0, 0.05) is 31.6 Å². The maximum Gasteiger partial charge on any atom is 0.265 e. The second-order valence-electron chi connectivity index (χ2n) is 4.14. The molecule has 1 aromatic rings. The highest BCUT2D eigenvalue weighted by Gasteiger charge is 2.33. The minimum Gasteiger partial charge on any atom is -0.344 e. The number of hydrogen-bond donors (Lipinski definition) is 1. The number of hydrogen-bond acceptors (Lipinski definition) is 6. The van der Waals surface area contributed by atoms with E-state index in [0.717, 1.165) is 23.9 Å². The van der Waals surface area contributed by atoms with Gasteiger partial charge >= 0.3 is 0 Å². The fourth-order valence-corrected chi connectivity index (χ4v) is 3.19. The van der Waals surface area contributed by atoms with Crippen LogP contribution in [0.15, 0.2) is 4.52 Å². The Labute approximate surface area is 100.0 Å². The monoisotopic (exact) mass is 242 g/mol. The minimum atomic E-state index is 0.353. The highest BCUT2D eigenvalue weighted by atomic mass is 32.2. The van der Waals surface area contributed by atoms with Gasteiger partial charge in [0.15, 0.2) is 0 Å². The zero-order valence-electron chi connectivity index (χ0n) is 9.93. The van der Waals surface area contributed by atoms with Crippen LogP contribution >= 0.6 is 11.8 Å². The number of rotatable bonds is 4. The van der Waals surface area contributed by atoms with E-state index in [-0.39, 0.29) is 0 Å². The molecule has 0 aromatic carbocycles. The molecule has 1 aliphatic rings. The molecule has 0 bridgehead atoms. The molecule has 1 aromatic heterocycles. The van der Waals surface area contributed by atoms with E-state index in [1.165, 1.54) is 0 Å². The number of thioether (sulfide) groups is 1. The molecule has 16 heavy (non-hydrogen) atoms. The third-order valence-electron chi connectivity index (χ3n) is 2.70. The van der Waals surface area contributed by atoms with Crippen molar-refractivity contribution in [3.8, 4) is 0 Å². The van der Waals surface area contributed by atoms with Crippen molar-refractivity contribution < 1.29 is 4.52 Å². The fraction of sp³-hybridized carbons (Fsp3) is 0.800. The molecule has 1 fully saturated rings. The average Bonchev–Trinajstić information content (AvgIpc) is 2.84. The highest BCUT2D eigenvalue weighted by molar-refractivity contribution is 7.99. The SMILES string of the molecule is CCNC1CSCC1c1nc(N(C)C)no1. The van der Waals surface area contributed by atoms with E-state index in [2.05, 4.69) is 22.4 Å². The van der Waals surface area contributed by atoms with Crippen LogP contribution in [-0.2, 0) is 0 Å². The van der Waals surface area contributed by atoms with Gasteiger partial charge in [-0.25, -0.2) is 0 Å². The van der Waals surface area contributed by atoms with Crippen LogP contribution in [0.5, 0.6) is 0 Å². The molecule has 1 N–H and O–H groups in total. The first-order valence-corrected chi connectivity index (χ1v) is 6.70. The molecule has 2 atom stereocenters. The van der Waals surface area contributed by atoms with Gasteiger partial charge in [0.1, 0.15) is 0 Å². The van der Waals surface area contributed by atoms with Crippen molar-refractivity contribution >= 4 is 17.7 Å². The van der Waals surface area contributed by atoms with Crippen molar-refractivity contribution in [2.45, 2.75) is 18.9 Å². The van der Waals surface area contributed by atoms with Crippen LogP contribution in [0.25, 0.3) is 0 Å². The second-order valence-corrected chi connectivity index (χ2v) is 5.21. The molecule has 0 spiro atoms. The Morgan fingerprint density at radius 2 is 2.31 bits per heavy atom. The highest BCUT2D eigenvalue weighted by Crippen LogP contribution is 2.32. The lowest BCUT2D eigenvalue weighted by atomic mass is 10.0. The Balaban J connectivity index is 2.10. The van der Waals surface area contributed by atoms with Gasteiger partial charge < -0.3 is 14.7 Å². The van der Waals surface area contributed by atoms with Crippen LogP contribution < -0.4 is 10.2 Å². The van der Waals surface area contributed by atoms with Crippen LogP contribution in [0.4, 0.5) is 5.95 Å². The number of likely N-dealkylation sites (N-methyl/N-ethyl adjacent to an activating group) is 1. The normalized spacial score (nSPS) is 24.9. The molecule has 6 heteroatoms. The predicted molar refractivity (Wildman–Crippen MR) is 66.2 cm³/mol. The predicted octanol–water partition coefficient (Wildman–Crippen LogP) is 0.944. The van der Waals surface area contributed by atoms with E-state index < -0.39 is 0 Å². The van der Waals surface area contributed by atoms with Gasteiger partial charge in [0.2, 0.25) is 5.89 Å². The van der Waals surface area contributed by atoms with Gasteiger partial charge in [0.25, 0.3) is 5.95 Å².